The highest BCUT2D eigenvalue weighted by Gasteiger charge is 2.23. The van der Waals surface area contributed by atoms with Crippen LogP contribution in [0.1, 0.15) is 39.0 Å². The van der Waals surface area contributed by atoms with Crippen LogP contribution in [0.15, 0.2) is 0 Å². The molecule has 1 amide bonds. The number of amides is 1. The van der Waals surface area contributed by atoms with Crippen LogP contribution in [0.2, 0.25) is 0 Å². The molecule has 0 aromatic rings. The van der Waals surface area contributed by atoms with Crippen LogP contribution in [0.25, 0.3) is 0 Å². The Morgan fingerprint density at radius 1 is 1.41 bits per heavy atom. The van der Waals surface area contributed by atoms with Crippen molar-refractivity contribution >= 4 is 5.91 Å². The Morgan fingerprint density at radius 3 is 2.59 bits per heavy atom. The zero-order chi connectivity index (χ0) is 12.7. The van der Waals surface area contributed by atoms with Gasteiger partial charge in [0.25, 0.3) is 0 Å². The summed E-state index contributed by atoms with van der Waals surface area (Å²) in [5.74, 6) is 0.133. The van der Waals surface area contributed by atoms with E-state index in [1.54, 1.807) is 11.9 Å². The molecule has 0 aliphatic heterocycles. The van der Waals surface area contributed by atoms with Gasteiger partial charge in [-0.2, -0.15) is 5.26 Å². The third kappa shape index (κ3) is 4.35. The molecule has 0 saturated heterocycles. The molecule has 0 spiro atoms. The molecule has 1 aliphatic rings. The highest BCUT2D eigenvalue weighted by atomic mass is 16.2. The van der Waals surface area contributed by atoms with Gasteiger partial charge in [-0.1, -0.05) is 19.8 Å². The van der Waals surface area contributed by atoms with Crippen LogP contribution in [-0.4, -0.2) is 48.4 Å². The van der Waals surface area contributed by atoms with Crippen LogP contribution >= 0.6 is 0 Å². The number of nitrogens with zero attached hydrogens (tertiary/aromatic N) is 3. The first-order valence-corrected chi connectivity index (χ1v) is 6.54. The zero-order valence-corrected chi connectivity index (χ0v) is 11.0. The molecule has 0 aromatic heterocycles. The maximum Gasteiger partial charge on any atom is 0.236 e. The van der Waals surface area contributed by atoms with Gasteiger partial charge in [-0.15, -0.1) is 0 Å². The van der Waals surface area contributed by atoms with Crippen LogP contribution in [-0.2, 0) is 4.79 Å². The maximum absolute atomic E-state index is 11.9. The predicted octanol–water partition coefficient (Wildman–Crippen LogP) is 1.62. The van der Waals surface area contributed by atoms with Gasteiger partial charge in [-0.05, 0) is 19.4 Å². The second kappa shape index (κ2) is 7.29. The molecule has 0 heterocycles. The summed E-state index contributed by atoms with van der Waals surface area (Å²) in [5, 5.41) is 8.50. The first kappa shape index (κ1) is 14.0. The van der Waals surface area contributed by atoms with Crippen molar-refractivity contribution in [2.75, 3.05) is 26.7 Å². The molecule has 0 atom stereocenters. The fraction of sp³-hybridized carbons (Fsp3) is 0.846. The predicted molar refractivity (Wildman–Crippen MR) is 67.4 cm³/mol. The van der Waals surface area contributed by atoms with Crippen LogP contribution in [0.5, 0.6) is 0 Å². The van der Waals surface area contributed by atoms with Crippen molar-refractivity contribution in [2.45, 2.75) is 45.1 Å². The Balaban J connectivity index is 2.39. The van der Waals surface area contributed by atoms with E-state index in [1.807, 2.05) is 0 Å². The Bertz CT molecular complexity index is 279. The van der Waals surface area contributed by atoms with E-state index in [2.05, 4.69) is 17.9 Å². The van der Waals surface area contributed by atoms with Crippen molar-refractivity contribution in [3.63, 3.8) is 0 Å². The van der Waals surface area contributed by atoms with Crippen LogP contribution in [0.3, 0.4) is 0 Å². The SMILES string of the molecule is CCN(CC(=O)N(C)CCC#N)C1CCCC1. The van der Waals surface area contributed by atoms with Gasteiger partial charge < -0.3 is 4.90 Å². The number of carbonyl (C=O) groups is 1. The summed E-state index contributed by atoms with van der Waals surface area (Å²) in [6, 6.07) is 2.66. The van der Waals surface area contributed by atoms with Crippen LogP contribution < -0.4 is 0 Å². The molecular weight excluding hydrogens is 214 g/mol. The molecule has 1 aliphatic carbocycles. The molecule has 4 nitrogen and oxygen atoms in total. The van der Waals surface area contributed by atoms with E-state index in [9.17, 15) is 4.79 Å². The molecule has 0 bridgehead atoms. The van der Waals surface area contributed by atoms with Gasteiger partial charge in [0.1, 0.15) is 0 Å². The van der Waals surface area contributed by atoms with E-state index in [-0.39, 0.29) is 5.91 Å². The standard InChI is InChI=1S/C13H23N3O/c1-3-16(12-7-4-5-8-12)11-13(17)15(2)10-6-9-14/h12H,3-8,10-11H2,1-2H3. The molecule has 1 saturated carbocycles. The monoisotopic (exact) mass is 237 g/mol. The lowest BCUT2D eigenvalue weighted by Gasteiger charge is -2.28. The third-order valence-corrected chi connectivity index (χ3v) is 3.57. The lowest BCUT2D eigenvalue weighted by atomic mass is 10.2. The highest BCUT2D eigenvalue weighted by Crippen LogP contribution is 2.23. The minimum Gasteiger partial charge on any atom is -0.344 e. The number of hydrogen-bond acceptors (Lipinski definition) is 3. The summed E-state index contributed by atoms with van der Waals surface area (Å²) in [5.41, 5.74) is 0. The lowest BCUT2D eigenvalue weighted by molar-refractivity contribution is -0.131. The molecular formula is C13H23N3O. The summed E-state index contributed by atoms with van der Waals surface area (Å²) in [7, 11) is 1.78. The summed E-state index contributed by atoms with van der Waals surface area (Å²) < 4.78 is 0. The van der Waals surface area contributed by atoms with Crippen molar-refractivity contribution in [1.29, 1.82) is 5.26 Å². The Labute approximate surface area is 104 Å². The van der Waals surface area contributed by atoms with Gasteiger partial charge in [-0.3, -0.25) is 9.69 Å². The van der Waals surface area contributed by atoms with E-state index in [4.69, 9.17) is 5.26 Å². The largest absolute Gasteiger partial charge is 0.344 e. The van der Waals surface area contributed by atoms with Crippen molar-refractivity contribution in [1.82, 2.24) is 9.80 Å². The molecule has 4 heteroatoms. The molecule has 0 radical (unpaired) electrons. The summed E-state index contributed by atoms with van der Waals surface area (Å²) in [4.78, 5) is 15.9. The van der Waals surface area contributed by atoms with Gasteiger partial charge >= 0.3 is 0 Å². The van der Waals surface area contributed by atoms with Crippen molar-refractivity contribution in [3.8, 4) is 6.07 Å². The van der Waals surface area contributed by atoms with Crippen LogP contribution in [0.4, 0.5) is 0 Å². The molecule has 0 aromatic carbocycles. The molecule has 1 rings (SSSR count). The van der Waals surface area contributed by atoms with E-state index >= 15 is 0 Å². The molecule has 96 valence electrons. The van der Waals surface area contributed by atoms with Crippen molar-refractivity contribution < 1.29 is 4.79 Å². The number of hydrogen-bond donors (Lipinski definition) is 0. The molecule has 1 fully saturated rings. The van der Waals surface area contributed by atoms with Crippen molar-refractivity contribution in [3.05, 3.63) is 0 Å². The molecule has 0 unspecified atom stereocenters. The van der Waals surface area contributed by atoms with Crippen LogP contribution in [0, 0.1) is 11.3 Å². The molecule has 17 heavy (non-hydrogen) atoms. The third-order valence-electron chi connectivity index (χ3n) is 3.57. The molecule has 0 N–H and O–H groups in total. The first-order valence-electron chi connectivity index (χ1n) is 6.54. The van der Waals surface area contributed by atoms with E-state index in [0.717, 1.165) is 6.54 Å². The van der Waals surface area contributed by atoms with Gasteiger partial charge in [0.05, 0.1) is 19.0 Å². The fourth-order valence-corrected chi connectivity index (χ4v) is 2.41. The smallest absolute Gasteiger partial charge is 0.236 e. The number of likely N-dealkylation sites (N-methyl/N-ethyl adjacent to an activating group) is 2. The normalized spacial score (nSPS) is 16.1. The van der Waals surface area contributed by atoms with Crippen molar-refractivity contribution in [2.24, 2.45) is 0 Å². The minimum atomic E-state index is 0.133. The second-order valence-electron chi connectivity index (χ2n) is 4.72. The second-order valence-corrected chi connectivity index (χ2v) is 4.72. The zero-order valence-electron chi connectivity index (χ0n) is 11.0. The highest BCUT2D eigenvalue weighted by molar-refractivity contribution is 5.78. The Morgan fingerprint density at radius 2 is 2.06 bits per heavy atom. The number of rotatable bonds is 6. The first-order chi connectivity index (χ1) is 8.19. The number of carbonyl (C=O) groups excluding carboxylic acids is 1. The van der Waals surface area contributed by atoms with E-state index in [0.29, 0.717) is 25.6 Å². The maximum atomic E-state index is 11.9. The fourth-order valence-electron chi connectivity index (χ4n) is 2.41. The Kier molecular flexibility index (Phi) is 5.99. The average Bonchev–Trinajstić information content (AvgIpc) is 2.86. The summed E-state index contributed by atoms with van der Waals surface area (Å²) in [6.07, 6.45) is 5.45. The van der Waals surface area contributed by atoms with Gasteiger partial charge in [0.2, 0.25) is 5.91 Å². The lowest BCUT2D eigenvalue weighted by Crippen LogP contribution is -2.42. The van der Waals surface area contributed by atoms with Gasteiger partial charge in [-0.25, -0.2) is 0 Å². The average molecular weight is 237 g/mol. The summed E-state index contributed by atoms with van der Waals surface area (Å²) in [6.45, 7) is 4.09. The quantitative estimate of drug-likeness (QED) is 0.705. The summed E-state index contributed by atoms with van der Waals surface area (Å²) >= 11 is 0. The Hall–Kier alpha value is -1.08. The van der Waals surface area contributed by atoms with E-state index < -0.39 is 0 Å². The van der Waals surface area contributed by atoms with Gasteiger partial charge in [0.15, 0.2) is 0 Å². The number of nitriles is 1. The minimum absolute atomic E-state index is 0.133. The van der Waals surface area contributed by atoms with E-state index in [1.165, 1.54) is 25.7 Å². The topological polar surface area (TPSA) is 47.3 Å². The van der Waals surface area contributed by atoms with Gasteiger partial charge in [0, 0.05) is 19.6 Å².